The number of aromatic nitrogens is 4. The van der Waals surface area contributed by atoms with Gasteiger partial charge in [-0.15, -0.1) is 0 Å². The molecular weight excluding hydrogens is 583 g/mol. The van der Waals surface area contributed by atoms with Gasteiger partial charge >= 0.3 is 17.8 Å². The lowest BCUT2D eigenvalue weighted by Crippen LogP contribution is -2.44. The van der Waals surface area contributed by atoms with Gasteiger partial charge in [-0.25, -0.2) is 23.4 Å². The maximum Gasteiger partial charge on any atom is 0.408 e. The normalized spacial score (nSPS) is 13.0. The second kappa shape index (κ2) is 11.7. The Bertz CT molecular complexity index is 1820. The molecule has 0 saturated heterocycles. The molecule has 0 radical (unpaired) electrons. The summed E-state index contributed by atoms with van der Waals surface area (Å²) in [6.45, 7) is 0.753. The Morgan fingerprint density at radius 1 is 1.07 bits per heavy atom. The largest absolute Gasteiger partial charge is 0.467 e. The number of benzene rings is 1. The number of nitrogens with zero attached hydrogens (tertiary/aromatic N) is 4. The Kier molecular flexibility index (Phi) is 8.41. The zero-order chi connectivity index (χ0) is 31.8. The second-order valence-corrected chi connectivity index (χ2v) is 9.64. The van der Waals surface area contributed by atoms with Gasteiger partial charge in [-0.2, -0.15) is 13.2 Å². The lowest BCUT2D eigenvalue weighted by atomic mass is 10.1. The molecule has 228 valence electrons. The van der Waals surface area contributed by atoms with Gasteiger partial charge in [0.1, 0.15) is 34.9 Å². The van der Waals surface area contributed by atoms with Crippen LogP contribution in [0.4, 0.5) is 27.6 Å². The summed E-state index contributed by atoms with van der Waals surface area (Å²) in [5.74, 6) is -5.24. The van der Waals surface area contributed by atoms with Crippen molar-refractivity contribution in [3.63, 3.8) is 0 Å². The predicted octanol–water partition coefficient (Wildman–Crippen LogP) is 2.55. The van der Waals surface area contributed by atoms with Crippen LogP contribution in [0.2, 0.25) is 0 Å². The number of imidazole rings is 1. The van der Waals surface area contributed by atoms with Gasteiger partial charge in [-0.1, -0.05) is 0 Å². The molecule has 0 fully saturated rings. The van der Waals surface area contributed by atoms with Gasteiger partial charge in [0.15, 0.2) is 0 Å². The molecule has 0 unspecified atom stereocenters. The number of halogens is 5. The van der Waals surface area contributed by atoms with Gasteiger partial charge < -0.3 is 24.3 Å². The van der Waals surface area contributed by atoms with E-state index in [0.717, 1.165) is 18.6 Å². The highest BCUT2D eigenvalue weighted by molar-refractivity contribution is 5.97. The maximum absolute atomic E-state index is 14.8. The molecule has 0 aliphatic heterocycles. The Morgan fingerprint density at radius 3 is 2.33 bits per heavy atom. The number of pyridine rings is 1. The van der Waals surface area contributed by atoms with E-state index in [1.54, 1.807) is 0 Å². The quantitative estimate of drug-likeness (QED) is 0.233. The van der Waals surface area contributed by atoms with Crippen molar-refractivity contribution in [1.29, 1.82) is 0 Å². The highest BCUT2D eigenvalue weighted by Gasteiger charge is 2.36. The molecule has 4 aromatic rings. The number of esters is 1. The van der Waals surface area contributed by atoms with E-state index < -0.39 is 64.3 Å². The van der Waals surface area contributed by atoms with E-state index >= 15 is 0 Å². The standard InChI is InChI=1S/C27H25F5N6O5/c1-13(27(30,31)32)34-14-9-18(28)21(19(29)10-14)23(39)35-20(25(41)43-4)11-15-5-6-16(22-33-7-8-38(15)22)17-12-36(2)26(42)37(3)24(17)40/h5-10,12-13,20,34H,11H2,1-4H3,(H,35,39)/t13-,20+/m1/s1. The molecular formula is C27H25F5N6O5. The molecule has 0 aliphatic carbocycles. The first-order chi connectivity index (χ1) is 20.1. The second-order valence-electron chi connectivity index (χ2n) is 9.64. The minimum Gasteiger partial charge on any atom is -0.467 e. The number of amides is 1. The molecule has 3 heterocycles. The maximum atomic E-state index is 14.8. The van der Waals surface area contributed by atoms with Crippen LogP contribution in [0, 0.1) is 11.6 Å². The Morgan fingerprint density at radius 2 is 1.72 bits per heavy atom. The third kappa shape index (κ3) is 6.12. The van der Waals surface area contributed by atoms with Crippen LogP contribution in [-0.2, 0) is 30.0 Å². The number of alkyl halides is 3. The molecule has 11 nitrogen and oxygen atoms in total. The number of anilines is 1. The highest BCUT2D eigenvalue weighted by atomic mass is 19.4. The van der Waals surface area contributed by atoms with E-state index in [4.69, 9.17) is 4.74 Å². The number of carbonyl (C=O) groups is 2. The molecule has 1 aromatic carbocycles. The van der Waals surface area contributed by atoms with Crippen LogP contribution in [0.25, 0.3) is 16.8 Å². The zero-order valence-electron chi connectivity index (χ0n) is 23.1. The van der Waals surface area contributed by atoms with Crippen LogP contribution in [-0.4, -0.2) is 55.8 Å². The van der Waals surface area contributed by atoms with Gasteiger partial charge in [-0.3, -0.25) is 14.2 Å². The molecule has 43 heavy (non-hydrogen) atoms. The minimum atomic E-state index is -4.69. The number of aryl methyl sites for hydroxylation is 1. The van der Waals surface area contributed by atoms with Crippen molar-refractivity contribution in [2.45, 2.75) is 31.6 Å². The molecule has 0 saturated carbocycles. The molecule has 3 aromatic heterocycles. The summed E-state index contributed by atoms with van der Waals surface area (Å²) in [5, 5.41) is 4.13. The molecule has 0 spiro atoms. The molecule has 1 amide bonds. The average molecular weight is 609 g/mol. The summed E-state index contributed by atoms with van der Waals surface area (Å²) in [6, 6.07) is 0.525. The van der Waals surface area contributed by atoms with Gasteiger partial charge in [0.2, 0.25) is 0 Å². The minimum absolute atomic E-state index is 0.165. The van der Waals surface area contributed by atoms with Gasteiger partial charge in [0, 0.05) is 56.1 Å². The molecule has 4 rings (SSSR count). The van der Waals surface area contributed by atoms with Gasteiger partial charge in [0.05, 0.1) is 12.7 Å². The summed E-state index contributed by atoms with van der Waals surface area (Å²) >= 11 is 0. The number of fused-ring (bicyclic) bond motifs is 1. The molecule has 2 atom stereocenters. The summed E-state index contributed by atoms with van der Waals surface area (Å²) in [4.78, 5) is 54.7. The third-order valence-electron chi connectivity index (χ3n) is 6.72. The number of hydrogen-bond acceptors (Lipinski definition) is 7. The van der Waals surface area contributed by atoms with Gasteiger partial charge in [0.25, 0.3) is 11.5 Å². The number of carbonyl (C=O) groups excluding carboxylic acids is 2. The fourth-order valence-corrected chi connectivity index (χ4v) is 4.42. The first-order valence-corrected chi connectivity index (χ1v) is 12.6. The summed E-state index contributed by atoms with van der Waals surface area (Å²) in [6.07, 6.45) is -0.656. The van der Waals surface area contributed by atoms with Crippen LogP contribution < -0.4 is 21.9 Å². The number of methoxy groups -OCH3 is 1. The molecule has 0 aliphatic rings. The van der Waals surface area contributed by atoms with E-state index in [1.807, 2.05) is 5.32 Å². The summed E-state index contributed by atoms with van der Waals surface area (Å²) in [7, 11) is 3.84. The Balaban J connectivity index is 1.65. The fraction of sp³-hybridized carbons (Fsp3) is 0.296. The topological polar surface area (TPSA) is 129 Å². The van der Waals surface area contributed by atoms with E-state index in [-0.39, 0.29) is 17.6 Å². The van der Waals surface area contributed by atoms with E-state index in [0.29, 0.717) is 23.4 Å². The monoisotopic (exact) mass is 608 g/mol. The van der Waals surface area contributed by atoms with Gasteiger partial charge in [-0.05, 0) is 31.2 Å². The Labute approximate surface area is 239 Å². The van der Waals surface area contributed by atoms with E-state index in [9.17, 15) is 41.1 Å². The van der Waals surface area contributed by atoms with E-state index in [1.165, 1.54) is 53.8 Å². The first kappa shape index (κ1) is 30.9. The Hall–Kier alpha value is -5.02. The molecule has 0 bridgehead atoms. The molecule has 16 heteroatoms. The van der Waals surface area contributed by atoms with Crippen LogP contribution in [0.5, 0.6) is 0 Å². The SMILES string of the molecule is COC(=O)[C@H](Cc1ccc(-c2cn(C)c(=O)n(C)c2=O)c2nccn12)NC(=O)c1c(F)cc(N[C@H](C)C(F)(F)F)cc1F. The number of nitrogens with one attached hydrogen (secondary N) is 2. The fourth-order valence-electron chi connectivity index (χ4n) is 4.42. The predicted molar refractivity (Wildman–Crippen MR) is 144 cm³/mol. The van der Waals surface area contributed by atoms with Crippen molar-refractivity contribution in [2.75, 3.05) is 12.4 Å². The van der Waals surface area contributed by atoms with Crippen molar-refractivity contribution in [3.8, 4) is 11.1 Å². The van der Waals surface area contributed by atoms with E-state index in [2.05, 4.69) is 10.3 Å². The number of ether oxygens (including phenoxy) is 1. The summed E-state index contributed by atoms with van der Waals surface area (Å²) < 4.78 is 76.5. The van der Waals surface area contributed by atoms with Crippen molar-refractivity contribution in [3.05, 3.63) is 86.6 Å². The summed E-state index contributed by atoms with van der Waals surface area (Å²) in [5.41, 5.74) is -1.59. The zero-order valence-corrected chi connectivity index (χ0v) is 23.1. The van der Waals surface area contributed by atoms with Crippen LogP contribution in [0.3, 0.4) is 0 Å². The number of rotatable bonds is 8. The number of hydrogen-bond donors (Lipinski definition) is 2. The smallest absolute Gasteiger partial charge is 0.408 e. The molecule has 2 N–H and O–H groups in total. The third-order valence-corrected chi connectivity index (χ3v) is 6.72. The lowest BCUT2D eigenvalue weighted by molar-refractivity contribution is -0.143. The van der Waals surface area contributed by atoms with Crippen molar-refractivity contribution in [2.24, 2.45) is 14.1 Å². The van der Waals surface area contributed by atoms with Crippen molar-refractivity contribution < 1.29 is 36.3 Å². The average Bonchev–Trinajstić information content (AvgIpc) is 3.43. The lowest BCUT2D eigenvalue weighted by Gasteiger charge is -2.20. The van der Waals surface area contributed by atoms with Crippen molar-refractivity contribution >= 4 is 23.2 Å². The van der Waals surface area contributed by atoms with Crippen LogP contribution in [0.15, 0.2) is 52.4 Å². The highest BCUT2D eigenvalue weighted by Crippen LogP contribution is 2.26. The van der Waals surface area contributed by atoms with Crippen molar-refractivity contribution in [1.82, 2.24) is 23.8 Å². The van der Waals surface area contributed by atoms with Crippen LogP contribution >= 0.6 is 0 Å². The first-order valence-electron chi connectivity index (χ1n) is 12.6. The van der Waals surface area contributed by atoms with Crippen LogP contribution in [0.1, 0.15) is 23.0 Å².